The van der Waals surface area contributed by atoms with E-state index in [1.165, 1.54) is 89.9 Å². The molecule has 64 heavy (non-hydrogen) atoms. The van der Waals surface area contributed by atoms with Gasteiger partial charge in [0.2, 0.25) is 0 Å². The molecular formula is C55H67N3O6. The Morgan fingerprint density at radius 3 is 1.34 bits per heavy atom. The third kappa shape index (κ3) is 18.7. The number of esters is 2. The topological polar surface area (TPSA) is 108 Å². The highest BCUT2D eigenvalue weighted by molar-refractivity contribution is 5.94. The highest BCUT2D eigenvalue weighted by Crippen LogP contribution is 2.31. The van der Waals surface area contributed by atoms with E-state index in [4.69, 9.17) is 18.9 Å². The quantitative estimate of drug-likeness (QED) is 0.0150. The van der Waals surface area contributed by atoms with Crippen LogP contribution in [0.1, 0.15) is 156 Å². The van der Waals surface area contributed by atoms with Crippen LogP contribution in [0.5, 0.6) is 23.0 Å². The molecule has 0 radical (unpaired) electrons. The average Bonchev–Trinajstić information content (AvgIpc) is 3.33. The number of hydrogen-bond acceptors (Lipinski definition) is 9. The zero-order valence-corrected chi connectivity index (χ0v) is 38.1. The molecule has 5 rings (SSSR count). The Morgan fingerprint density at radius 1 is 0.438 bits per heavy atom. The van der Waals surface area contributed by atoms with Crippen LogP contribution >= 0.6 is 0 Å². The van der Waals surface area contributed by atoms with E-state index in [2.05, 4.69) is 29.1 Å². The molecule has 0 aliphatic rings. The summed E-state index contributed by atoms with van der Waals surface area (Å²) in [5.74, 6) is 0.352. The van der Waals surface area contributed by atoms with Gasteiger partial charge in [-0.05, 0) is 122 Å². The third-order valence-electron chi connectivity index (χ3n) is 10.8. The summed E-state index contributed by atoms with van der Waals surface area (Å²) in [6.45, 7) is 5.75. The summed E-state index contributed by atoms with van der Waals surface area (Å²) in [7, 11) is 0. The van der Waals surface area contributed by atoms with Crippen LogP contribution in [-0.2, 0) is 0 Å². The molecule has 0 spiro atoms. The number of carbonyl (C=O) groups excluding carboxylic acids is 2. The first kappa shape index (κ1) is 48.9. The number of ether oxygens (including phenoxy) is 4. The Balaban J connectivity index is 1.18. The lowest BCUT2D eigenvalue weighted by atomic mass is 10.1. The molecule has 0 aromatic heterocycles. The molecule has 5 aromatic rings. The van der Waals surface area contributed by atoms with E-state index in [9.17, 15) is 9.59 Å². The molecule has 0 saturated carbocycles. The lowest BCUT2D eigenvalue weighted by Crippen LogP contribution is -2.13. The van der Waals surface area contributed by atoms with Gasteiger partial charge in [0.25, 0.3) is 0 Å². The van der Waals surface area contributed by atoms with Gasteiger partial charge in [0.1, 0.15) is 11.5 Å². The molecule has 0 amide bonds. The number of hydrogen-bond donors (Lipinski definition) is 0. The molecule has 9 heteroatoms. The maximum atomic E-state index is 13.5. The minimum atomic E-state index is -0.606. The lowest BCUT2D eigenvalue weighted by Gasteiger charge is -2.12. The van der Waals surface area contributed by atoms with Crippen LogP contribution in [0, 0.1) is 0 Å². The van der Waals surface area contributed by atoms with Crippen LogP contribution in [0.3, 0.4) is 0 Å². The van der Waals surface area contributed by atoms with Gasteiger partial charge < -0.3 is 18.9 Å². The standard InChI is InChI=1S/C55H67N3O6/c1-3-5-7-9-11-13-15-17-22-40-61-50-35-27-45(28-36-50)54(59)63-52-39-26-44(43-56-47-31-33-49(34-32-47)58-57-48-24-20-19-21-25-48)42-53(52)64-55(60)46-29-37-51(38-30-46)62-41-23-18-16-14-12-10-8-6-4-2/h19-21,24-39,42-43H,3-18,22-23,40-41H2,1-2H3. The smallest absolute Gasteiger partial charge is 0.343 e. The van der Waals surface area contributed by atoms with E-state index in [0.29, 0.717) is 52.8 Å². The molecule has 0 atom stereocenters. The van der Waals surface area contributed by atoms with E-state index < -0.39 is 11.9 Å². The summed E-state index contributed by atoms with van der Waals surface area (Å²) in [5.41, 5.74) is 3.44. The van der Waals surface area contributed by atoms with Crippen molar-refractivity contribution < 1.29 is 28.5 Å². The van der Waals surface area contributed by atoms with Crippen LogP contribution in [0.2, 0.25) is 0 Å². The third-order valence-corrected chi connectivity index (χ3v) is 10.8. The molecule has 0 aliphatic heterocycles. The molecule has 0 fully saturated rings. The summed E-state index contributed by atoms with van der Waals surface area (Å²) < 4.78 is 23.6. The van der Waals surface area contributed by atoms with Gasteiger partial charge in [-0.3, -0.25) is 4.99 Å². The van der Waals surface area contributed by atoms with E-state index in [-0.39, 0.29) is 11.5 Å². The lowest BCUT2D eigenvalue weighted by molar-refractivity contribution is 0.0682. The second kappa shape index (κ2) is 29.3. The minimum absolute atomic E-state index is 0.0746. The van der Waals surface area contributed by atoms with Crippen LogP contribution < -0.4 is 18.9 Å². The Labute approximate surface area is 381 Å². The van der Waals surface area contributed by atoms with Gasteiger partial charge >= 0.3 is 11.9 Å². The zero-order chi connectivity index (χ0) is 44.9. The molecule has 0 unspecified atom stereocenters. The number of aliphatic imine (C=N–C) groups is 1. The second-order valence-corrected chi connectivity index (χ2v) is 16.2. The number of benzene rings is 5. The fourth-order valence-electron chi connectivity index (χ4n) is 7.03. The fourth-order valence-corrected chi connectivity index (χ4v) is 7.03. The number of carbonyl (C=O) groups is 2. The van der Waals surface area contributed by atoms with Crippen molar-refractivity contribution in [1.29, 1.82) is 0 Å². The number of nitrogens with zero attached hydrogens (tertiary/aromatic N) is 3. The van der Waals surface area contributed by atoms with Crippen LogP contribution in [0.25, 0.3) is 0 Å². The highest BCUT2D eigenvalue weighted by atomic mass is 16.6. The van der Waals surface area contributed by atoms with Crippen molar-refractivity contribution in [3.63, 3.8) is 0 Å². The molecular weight excluding hydrogens is 799 g/mol. The van der Waals surface area contributed by atoms with Gasteiger partial charge in [-0.1, -0.05) is 135 Å². The van der Waals surface area contributed by atoms with Gasteiger partial charge in [0, 0.05) is 6.21 Å². The Kier molecular flexibility index (Phi) is 22.4. The maximum absolute atomic E-state index is 13.5. The van der Waals surface area contributed by atoms with Gasteiger partial charge in [-0.2, -0.15) is 10.2 Å². The van der Waals surface area contributed by atoms with Crippen LogP contribution in [0.15, 0.2) is 137 Å². The summed E-state index contributed by atoms with van der Waals surface area (Å²) in [5, 5.41) is 8.57. The molecule has 0 N–H and O–H groups in total. The molecule has 0 saturated heterocycles. The number of rotatable bonds is 30. The predicted molar refractivity (Wildman–Crippen MR) is 259 cm³/mol. The Bertz CT molecular complexity index is 2130. The van der Waals surface area contributed by atoms with Crippen molar-refractivity contribution in [1.82, 2.24) is 0 Å². The maximum Gasteiger partial charge on any atom is 0.343 e. The van der Waals surface area contributed by atoms with Crippen molar-refractivity contribution in [3.05, 3.63) is 138 Å². The fraction of sp³-hybridized carbons (Fsp3) is 0.400. The molecule has 0 heterocycles. The summed E-state index contributed by atoms with van der Waals surface area (Å²) in [6, 6.07) is 35.6. The van der Waals surface area contributed by atoms with E-state index in [1.807, 2.05) is 54.6 Å². The normalized spacial score (nSPS) is 11.3. The SMILES string of the molecule is CCCCCCCCCCCOc1ccc(C(=O)Oc2ccc(C=Nc3ccc(N=Nc4ccccc4)cc3)cc2OC(=O)c2ccc(OCCCCCCCCCCC)cc2)cc1. The first-order valence-corrected chi connectivity index (χ1v) is 23.7. The number of unbranched alkanes of at least 4 members (excludes halogenated alkanes) is 16. The van der Waals surface area contributed by atoms with Gasteiger partial charge in [-0.15, -0.1) is 0 Å². The van der Waals surface area contributed by atoms with E-state index in [0.717, 1.165) is 31.4 Å². The largest absolute Gasteiger partial charge is 0.494 e. The first-order chi connectivity index (χ1) is 31.5. The van der Waals surface area contributed by atoms with Gasteiger partial charge in [-0.25, -0.2) is 9.59 Å². The van der Waals surface area contributed by atoms with Crippen molar-refractivity contribution in [2.24, 2.45) is 15.2 Å². The molecule has 0 bridgehead atoms. The monoisotopic (exact) mass is 866 g/mol. The summed E-state index contributed by atoms with van der Waals surface area (Å²) in [4.78, 5) is 31.5. The molecule has 0 aliphatic carbocycles. The van der Waals surface area contributed by atoms with E-state index in [1.54, 1.807) is 72.9 Å². The average molecular weight is 866 g/mol. The summed E-state index contributed by atoms with van der Waals surface area (Å²) >= 11 is 0. The van der Waals surface area contributed by atoms with Crippen molar-refractivity contribution >= 4 is 35.2 Å². The van der Waals surface area contributed by atoms with Crippen LogP contribution in [-0.4, -0.2) is 31.4 Å². The Morgan fingerprint density at radius 2 is 0.859 bits per heavy atom. The minimum Gasteiger partial charge on any atom is -0.494 e. The van der Waals surface area contributed by atoms with Crippen molar-refractivity contribution in [2.45, 2.75) is 129 Å². The zero-order valence-electron chi connectivity index (χ0n) is 38.1. The van der Waals surface area contributed by atoms with E-state index >= 15 is 0 Å². The second-order valence-electron chi connectivity index (χ2n) is 16.2. The molecule has 338 valence electrons. The molecule has 5 aromatic carbocycles. The first-order valence-electron chi connectivity index (χ1n) is 23.7. The van der Waals surface area contributed by atoms with Gasteiger partial charge in [0.15, 0.2) is 11.5 Å². The van der Waals surface area contributed by atoms with Crippen LogP contribution in [0.4, 0.5) is 17.1 Å². The molecule has 9 nitrogen and oxygen atoms in total. The van der Waals surface area contributed by atoms with Crippen molar-refractivity contribution in [3.8, 4) is 23.0 Å². The Hall–Kier alpha value is -6.09. The van der Waals surface area contributed by atoms with Crippen molar-refractivity contribution in [2.75, 3.05) is 13.2 Å². The predicted octanol–water partition coefficient (Wildman–Crippen LogP) is 16.1. The van der Waals surface area contributed by atoms with Gasteiger partial charge in [0.05, 0.1) is 41.4 Å². The highest BCUT2D eigenvalue weighted by Gasteiger charge is 2.18. The number of azo groups is 1. The summed E-state index contributed by atoms with van der Waals surface area (Å²) in [6.07, 6.45) is 24.1.